The molecule has 0 spiro atoms. The van der Waals surface area contributed by atoms with Gasteiger partial charge in [-0.05, 0) is 38.8 Å². The average Bonchev–Trinajstić information content (AvgIpc) is 2.99. The predicted molar refractivity (Wildman–Crippen MR) is 98.5 cm³/mol. The quantitative estimate of drug-likeness (QED) is 0.748. The summed E-state index contributed by atoms with van der Waals surface area (Å²) in [6, 6.07) is 15.8. The van der Waals surface area contributed by atoms with Crippen LogP contribution in [0.3, 0.4) is 0 Å². The first kappa shape index (κ1) is 17.0. The molecule has 1 aromatic heterocycles. The van der Waals surface area contributed by atoms with Crippen molar-refractivity contribution >= 4 is 5.91 Å². The number of hydrogen-bond acceptors (Lipinski definition) is 3. The molecule has 0 aliphatic rings. The normalized spacial score (nSPS) is 12.0. The third-order valence-electron chi connectivity index (χ3n) is 4.39. The predicted octanol–water partition coefficient (Wildman–Crippen LogP) is 4.76. The van der Waals surface area contributed by atoms with Gasteiger partial charge in [-0.25, -0.2) is 0 Å². The van der Waals surface area contributed by atoms with Gasteiger partial charge in [-0.2, -0.15) is 0 Å². The minimum atomic E-state index is -0.175. The second-order valence-corrected chi connectivity index (χ2v) is 6.38. The van der Waals surface area contributed by atoms with Crippen LogP contribution >= 0.6 is 0 Å². The van der Waals surface area contributed by atoms with Crippen LogP contribution in [0.25, 0.3) is 11.3 Å². The van der Waals surface area contributed by atoms with Crippen molar-refractivity contribution in [2.45, 2.75) is 33.7 Å². The van der Waals surface area contributed by atoms with Gasteiger partial charge in [0.15, 0.2) is 0 Å². The van der Waals surface area contributed by atoms with Gasteiger partial charge in [0.05, 0.1) is 6.04 Å². The van der Waals surface area contributed by atoms with E-state index in [2.05, 4.69) is 42.5 Å². The second-order valence-electron chi connectivity index (χ2n) is 6.38. The number of amides is 1. The molecule has 0 radical (unpaired) electrons. The minimum absolute atomic E-state index is 0.106. The number of benzene rings is 2. The summed E-state index contributed by atoms with van der Waals surface area (Å²) < 4.78 is 5.29. The van der Waals surface area contributed by atoms with Gasteiger partial charge >= 0.3 is 0 Å². The van der Waals surface area contributed by atoms with Gasteiger partial charge in [-0.3, -0.25) is 4.79 Å². The van der Waals surface area contributed by atoms with Crippen LogP contribution in [0.5, 0.6) is 0 Å². The van der Waals surface area contributed by atoms with Crippen molar-refractivity contribution in [3.63, 3.8) is 0 Å². The monoisotopic (exact) mass is 334 g/mol. The molecule has 0 saturated carbocycles. The molecule has 4 heteroatoms. The van der Waals surface area contributed by atoms with Crippen molar-refractivity contribution in [3.8, 4) is 11.3 Å². The molecular weight excluding hydrogens is 312 g/mol. The maximum atomic E-state index is 12.9. The fourth-order valence-corrected chi connectivity index (χ4v) is 3.01. The summed E-state index contributed by atoms with van der Waals surface area (Å²) in [5.74, 6) is 0.343. The number of rotatable bonds is 4. The number of aryl methyl sites for hydroxylation is 3. The molecule has 128 valence electrons. The summed E-state index contributed by atoms with van der Waals surface area (Å²) in [4.78, 5) is 12.9. The van der Waals surface area contributed by atoms with E-state index in [1.165, 1.54) is 5.56 Å². The highest BCUT2D eigenvalue weighted by atomic mass is 16.5. The van der Waals surface area contributed by atoms with Gasteiger partial charge in [0.1, 0.15) is 17.0 Å². The number of hydrogen-bond donors (Lipinski definition) is 1. The van der Waals surface area contributed by atoms with Crippen LogP contribution in [0.2, 0.25) is 0 Å². The molecule has 25 heavy (non-hydrogen) atoms. The minimum Gasteiger partial charge on any atom is -0.360 e. The van der Waals surface area contributed by atoms with E-state index in [-0.39, 0.29) is 11.9 Å². The molecule has 4 nitrogen and oxygen atoms in total. The Hall–Kier alpha value is -2.88. The van der Waals surface area contributed by atoms with Crippen LogP contribution in [0.4, 0.5) is 0 Å². The molecule has 0 aliphatic heterocycles. The number of aromatic nitrogens is 1. The third-order valence-corrected chi connectivity index (χ3v) is 4.39. The van der Waals surface area contributed by atoms with Crippen molar-refractivity contribution in [1.29, 1.82) is 0 Å². The summed E-state index contributed by atoms with van der Waals surface area (Å²) in [6.45, 7) is 7.86. The van der Waals surface area contributed by atoms with E-state index >= 15 is 0 Å². The first-order chi connectivity index (χ1) is 12.0. The van der Waals surface area contributed by atoms with Crippen molar-refractivity contribution in [1.82, 2.24) is 10.5 Å². The lowest BCUT2D eigenvalue weighted by Gasteiger charge is -2.17. The molecule has 2 aromatic carbocycles. The first-order valence-corrected chi connectivity index (χ1v) is 8.37. The number of carbonyl (C=O) groups excluding carboxylic acids is 1. The molecule has 0 unspecified atom stereocenters. The maximum absolute atomic E-state index is 12.9. The Labute approximate surface area is 147 Å². The van der Waals surface area contributed by atoms with Gasteiger partial charge in [0.25, 0.3) is 5.91 Å². The fourth-order valence-electron chi connectivity index (χ4n) is 3.01. The fraction of sp³-hybridized carbons (Fsp3) is 0.238. The molecule has 1 N–H and O–H groups in total. The van der Waals surface area contributed by atoms with Gasteiger partial charge < -0.3 is 9.84 Å². The van der Waals surface area contributed by atoms with Gasteiger partial charge in [-0.1, -0.05) is 59.3 Å². The lowest BCUT2D eigenvalue weighted by atomic mass is 9.99. The van der Waals surface area contributed by atoms with Crippen molar-refractivity contribution < 1.29 is 9.32 Å². The Kier molecular flexibility index (Phi) is 4.70. The molecule has 3 rings (SSSR count). The topological polar surface area (TPSA) is 55.1 Å². The Morgan fingerprint density at radius 3 is 2.52 bits per heavy atom. The largest absolute Gasteiger partial charge is 0.360 e. The Balaban J connectivity index is 1.89. The van der Waals surface area contributed by atoms with Crippen LogP contribution in [0.1, 0.15) is 45.8 Å². The van der Waals surface area contributed by atoms with Crippen LogP contribution in [0, 0.1) is 20.8 Å². The average molecular weight is 334 g/mol. The summed E-state index contributed by atoms with van der Waals surface area (Å²) in [7, 11) is 0. The van der Waals surface area contributed by atoms with Crippen molar-refractivity contribution in [2.75, 3.05) is 0 Å². The zero-order chi connectivity index (χ0) is 18.0. The Morgan fingerprint density at radius 1 is 1.08 bits per heavy atom. The smallest absolute Gasteiger partial charge is 0.257 e. The van der Waals surface area contributed by atoms with E-state index in [1.54, 1.807) is 6.92 Å². The Bertz CT molecular complexity index is 898. The summed E-state index contributed by atoms with van der Waals surface area (Å²) >= 11 is 0. The van der Waals surface area contributed by atoms with Crippen LogP contribution in [0.15, 0.2) is 53.1 Å². The molecule has 3 aromatic rings. The highest BCUT2D eigenvalue weighted by Crippen LogP contribution is 2.26. The first-order valence-electron chi connectivity index (χ1n) is 8.37. The standard InChI is InChI=1S/C21H22N2O2/c1-13-10-11-14(2)18(12-13)15(3)22-21(24)19-16(4)25-23-20(19)17-8-6-5-7-9-17/h5-12,15H,1-4H3,(H,22,24)/t15-/m0/s1. The third kappa shape index (κ3) is 3.48. The lowest BCUT2D eigenvalue weighted by Crippen LogP contribution is -2.27. The van der Waals surface area contributed by atoms with Gasteiger partial charge in [-0.15, -0.1) is 0 Å². The second kappa shape index (κ2) is 6.93. The molecular formula is C21H22N2O2. The highest BCUT2D eigenvalue weighted by Gasteiger charge is 2.23. The van der Waals surface area contributed by atoms with E-state index < -0.39 is 0 Å². The zero-order valence-corrected chi connectivity index (χ0v) is 15.0. The molecule has 0 fully saturated rings. The van der Waals surface area contributed by atoms with Crippen molar-refractivity contribution in [3.05, 3.63) is 76.5 Å². The molecule has 1 amide bonds. The molecule has 1 atom stereocenters. The molecule has 0 aliphatic carbocycles. The van der Waals surface area contributed by atoms with Gasteiger partial charge in [0.2, 0.25) is 0 Å². The molecule has 1 heterocycles. The molecule has 0 saturated heterocycles. The zero-order valence-electron chi connectivity index (χ0n) is 15.0. The highest BCUT2D eigenvalue weighted by molar-refractivity contribution is 6.01. The van der Waals surface area contributed by atoms with Crippen LogP contribution in [-0.4, -0.2) is 11.1 Å². The van der Waals surface area contributed by atoms with Crippen molar-refractivity contribution in [2.24, 2.45) is 0 Å². The summed E-state index contributed by atoms with van der Waals surface area (Å²) in [5, 5.41) is 7.16. The van der Waals surface area contributed by atoms with Gasteiger partial charge in [0, 0.05) is 5.56 Å². The summed E-state index contributed by atoms with van der Waals surface area (Å²) in [5.41, 5.74) is 5.37. The molecule has 0 bridgehead atoms. The lowest BCUT2D eigenvalue weighted by molar-refractivity contribution is 0.0939. The summed E-state index contributed by atoms with van der Waals surface area (Å²) in [6.07, 6.45) is 0. The number of nitrogens with one attached hydrogen (secondary N) is 1. The van der Waals surface area contributed by atoms with E-state index in [1.807, 2.05) is 37.3 Å². The number of nitrogens with zero attached hydrogens (tertiary/aromatic N) is 1. The SMILES string of the molecule is Cc1ccc(C)c([C@H](C)NC(=O)c2c(-c3ccccc3)noc2C)c1. The van der Waals surface area contributed by atoms with Crippen LogP contribution < -0.4 is 5.32 Å². The van der Waals surface area contributed by atoms with E-state index in [9.17, 15) is 4.79 Å². The number of carbonyl (C=O) groups is 1. The van der Waals surface area contributed by atoms with E-state index in [4.69, 9.17) is 4.52 Å². The van der Waals surface area contributed by atoms with Crippen LogP contribution in [-0.2, 0) is 0 Å². The van der Waals surface area contributed by atoms with E-state index in [0.29, 0.717) is 17.0 Å². The maximum Gasteiger partial charge on any atom is 0.257 e. The Morgan fingerprint density at radius 2 is 1.80 bits per heavy atom. The van der Waals surface area contributed by atoms with E-state index in [0.717, 1.165) is 16.7 Å².